The van der Waals surface area contributed by atoms with Gasteiger partial charge in [0.2, 0.25) is 5.91 Å². The van der Waals surface area contributed by atoms with Crippen LogP contribution in [0.2, 0.25) is 0 Å². The van der Waals surface area contributed by atoms with E-state index in [2.05, 4.69) is 33.5 Å². The maximum absolute atomic E-state index is 12.5. The first-order valence-corrected chi connectivity index (χ1v) is 8.78. The normalized spacial score (nSPS) is 18.3. The van der Waals surface area contributed by atoms with Gasteiger partial charge in [0.05, 0.1) is 0 Å². The molecule has 1 amide bonds. The molecule has 1 fully saturated rings. The molecule has 0 bridgehead atoms. The van der Waals surface area contributed by atoms with E-state index < -0.39 is 0 Å². The number of rotatable bonds is 6. The molecule has 24 heavy (non-hydrogen) atoms. The highest BCUT2D eigenvalue weighted by Gasteiger charge is 2.27. The van der Waals surface area contributed by atoms with Crippen LogP contribution in [-0.2, 0) is 11.3 Å². The highest BCUT2D eigenvalue weighted by Crippen LogP contribution is 2.27. The molecular formula is C17H26N6O. The number of carbonyl (C=O) groups excluding carboxylic acids is 1. The number of hydrogen-bond acceptors (Lipinski definition) is 4. The van der Waals surface area contributed by atoms with Crippen molar-refractivity contribution in [3.05, 3.63) is 30.9 Å². The highest BCUT2D eigenvalue weighted by molar-refractivity contribution is 5.76. The summed E-state index contributed by atoms with van der Waals surface area (Å²) in [5, 5.41) is 4.07. The van der Waals surface area contributed by atoms with Gasteiger partial charge in [-0.1, -0.05) is 0 Å². The number of amides is 1. The monoisotopic (exact) mass is 330 g/mol. The first-order chi connectivity index (χ1) is 11.6. The number of imidazole rings is 1. The van der Waals surface area contributed by atoms with Crippen LogP contribution in [0.3, 0.4) is 0 Å². The smallest absolute Gasteiger partial charge is 0.222 e. The van der Waals surface area contributed by atoms with Gasteiger partial charge in [-0.3, -0.25) is 9.48 Å². The summed E-state index contributed by atoms with van der Waals surface area (Å²) >= 11 is 0. The average Bonchev–Trinajstić information content (AvgIpc) is 3.26. The van der Waals surface area contributed by atoms with Crippen molar-refractivity contribution < 1.29 is 4.79 Å². The molecule has 0 saturated carbocycles. The van der Waals surface area contributed by atoms with Gasteiger partial charge in [-0.2, -0.15) is 5.10 Å². The van der Waals surface area contributed by atoms with E-state index in [1.807, 2.05) is 17.3 Å². The summed E-state index contributed by atoms with van der Waals surface area (Å²) in [5.74, 6) is 1.70. The standard InChI is InChI=1S/C17H26N6O/c1-14(2)23-10-7-19-17(23)15-5-3-8-21(11-15)16(24)6-4-9-22-13-18-12-20-22/h7,10,12-15H,3-6,8-9,11H2,1-2H3/t15-/m0/s1. The van der Waals surface area contributed by atoms with Crippen LogP contribution in [0.5, 0.6) is 0 Å². The van der Waals surface area contributed by atoms with E-state index in [0.29, 0.717) is 18.4 Å². The van der Waals surface area contributed by atoms with Crippen molar-refractivity contribution in [2.45, 2.75) is 58.0 Å². The molecule has 0 radical (unpaired) electrons. The van der Waals surface area contributed by atoms with Crippen LogP contribution in [-0.4, -0.2) is 48.2 Å². The SMILES string of the molecule is CC(C)n1ccnc1[C@H]1CCCN(C(=O)CCCn2cncn2)C1. The van der Waals surface area contributed by atoms with Gasteiger partial charge in [-0.25, -0.2) is 9.97 Å². The number of piperidine rings is 1. The first kappa shape index (κ1) is 16.7. The third kappa shape index (κ3) is 3.83. The topological polar surface area (TPSA) is 68.8 Å². The number of nitrogens with zero attached hydrogens (tertiary/aromatic N) is 6. The quantitative estimate of drug-likeness (QED) is 0.814. The fraction of sp³-hybridized carbons (Fsp3) is 0.647. The van der Waals surface area contributed by atoms with Gasteiger partial charge in [0.25, 0.3) is 0 Å². The Labute approximate surface area is 142 Å². The Morgan fingerprint density at radius 2 is 2.29 bits per heavy atom. The van der Waals surface area contributed by atoms with E-state index >= 15 is 0 Å². The summed E-state index contributed by atoms with van der Waals surface area (Å²) in [6, 6.07) is 0.399. The zero-order chi connectivity index (χ0) is 16.9. The van der Waals surface area contributed by atoms with Gasteiger partial charge in [-0.05, 0) is 33.1 Å². The van der Waals surface area contributed by atoms with Crippen LogP contribution in [0.15, 0.2) is 25.0 Å². The molecule has 1 aliphatic rings. The van der Waals surface area contributed by atoms with E-state index in [-0.39, 0.29) is 5.91 Å². The fourth-order valence-corrected chi connectivity index (χ4v) is 3.39. The third-order valence-electron chi connectivity index (χ3n) is 4.64. The second-order valence-corrected chi connectivity index (χ2v) is 6.73. The Kier molecular flexibility index (Phi) is 5.27. The number of hydrogen-bond donors (Lipinski definition) is 0. The number of aromatic nitrogens is 5. The largest absolute Gasteiger partial charge is 0.342 e. The summed E-state index contributed by atoms with van der Waals surface area (Å²) in [6.45, 7) is 6.72. The molecular weight excluding hydrogens is 304 g/mol. The Morgan fingerprint density at radius 3 is 3.04 bits per heavy atom. The van der Waals surface area contributed by atoms with Crippen LogP contribution in [0, 0.1) is 0 Å². The molecule has 2 aromatic heterocycles. The molecule has 1 atom stereocenters. The van der Waals surface area contributed by atoms with Crippen molar-refractivity contribution in [2.75, 3.05) is 13.1 Å². The minimum absolute atomic E-state index is 0.238. The van der Waals surface area contributed by atoms with Crippen molar-refractivity contribution in [3.8, 4) is 0 Å². The van der Waals surface area contributed by atoms with Crippen molar-refractivity contribution >= 4 is 5.91 Å². The third-order valence-corrected chi connectivity index (χ3v) is 4.64. The predicted octanol–water partition coefficient (Wildman–Crippen LogP) is 2.24. The Balaban J connectivity index is 1.54. The summed E-state index contributed by atoms with van der Waals surface area (Å²) < 4.78 is 4.00. The molecule has 2 aromatic rings. The summed E-state index contributed by atoms with van der Waals surface area (Å²) in [7, 11) is 0. The Morgan fingerprint density at radius 1 is 1.42 bits per heavy atom. The molecule has 7 nitrogen and oxygen atoms in total. The second kappa shape index (κ2) is 7.59. The highest BCUT2D eigenvalue weighted by atomic mass is 16.2. The van der Waals surface area contributed by atoms with E-state index in [0.717, 1.165) is 44.7 Å². The summed E-state index contributed by atoms with van der Waals surface area (Å²) in [5.41, 5.74) is 0. The number of aryl methyl sites for hydroxylation is 1. The van der Waals surface area contributed by atoms with E-state index in [4.69, 9.17) is 0 Å². The molecule has 1 saturated heterocycles. The van der Waals surface area contributed by atoms with Gasteiger partial charge in [0.1, 0.15) is 18.5 Å². The lowest BCUT2D eigenvalue weighted by molar-refractivity contribution is -0.132. The van der Waals surface area contributed by atoms with Crippen molar-refractivity contribution in [1.82, 2.24) is 29.2 Å². The van der Waals surface area contributed by atoms with Crippen LogP contribution >= 0.6 is 0 Å². The van der Waals surface area contributed by atoms with Crippen molar-refractivity contribution in [2.24, 2.45) is 0 Å². The molecule has 0 spiro atoms. The van der Waals surface area contributed by atoms with Crippen LogP contribution < -0.4 is 0 Å². The van der Waals surface area contributed by atoms with E-state index in [9.17, 15) is 4.79 Å². The molecule has 3 rings (SSSR count). The lowest BCUT2D eigenvalue weighted by atomic mass is 9.96. The minimum atomic E-state index is 0.238. The van der Waals surface area contributed by atoms with Crippen molar-refractivity contribution in [1.29, 1.82) is 0 Å². The minimum Gasteiger partial charge on any atom is -0.342 e. The lowest BCUT2D eigenvalue weighted by Gasteiger charge is -2.33. The van der Waals surface area contributed by atoms with E-state index in [1.54, 1.807) is 11.0 Å². The van der Waals surface area contributed by atoms with Crippen molar-refractivity contribution in [3.63, 3.8) is 0 Å². The molecule has 0 aromatic carbocycles. The first-order valence-electron chi connectivity index (χ1n) is 8.78. The van der Waals surface area contributed by atoms with Gasteiger partial charge in [0.15, 0.2) is 0 Å². The second-order valence-electron chi connectivity index (χ2n) is 6.73. The molecule has 0 N–H and O–H groups in total. The lowest BCUT2D eigenvalue weighted by Crippen LogP contribution is -2.39. The van der Waals surface area contributed by atoms with E-state index in [1.165, 1.54) is 6.33 Å². The molecule has 0 aliphatic carbocycles. The zero-order valence-corrected chi connectivity index (χ0v) is 14.5. The van der Waals surface area contributed by atoms with Gasteiger partial charge >= 0.3 is 0 Å². The van der Waals surface area contributed by atoms with Crippen LogP contribution in [0.1, 0.15) is 57.3 Å². The van der Waals surface area contributed by atoms with Gasteiger partial charge < -0.3 is 9.47 Å². The number of likely N-dealkylation sites (tertiary alicyclic amines) is 1. The maximum Gasteiger partial charge on any atom is 0.222 e. The fourth-order valence-electron chi connectivity index (χ4n) is 3.39. The molecule has 7 heteroatoms. The molecule has 0 unspecified atom stereocenters. The zero-order valence-electron chi connectivity index (χ0n) is 14.5. The van der Waals surface area contributed by atoms with Crippen LogP contribution in [0.25, 0.3) is 0 Å². The Bertz CT molecular complexity index is 648. The predicted molar refractivity (Wildman–Crippen MR) is 90.4 cm³/mol. The Hall–Kier alpha value is -2.18. The molecule has 1 aliphatic heterocycles. The average molecular weight is 330 g/mol. The number of carbonyl (C=O) groups is 1. The molecule has 3 heterocycles. The summed E-state index contributed by atoms with van der Waals surface area (Å²) in [6.07, 6.45) is 10.6. The summed E-state index contributed by atoms with van der Waals surface area (Å²) in [4.78, 5) is 23.0. The maximum atomic E-state index is 12.5. The van der Waals surface area contributed by atoms with Gasteiger partial charge in [-0.15, -0.1) is 0 Å². The molecule has 130 valence electrons. The van der Waals surface area contributed by atoms with Gasteiger partial charge in [0, 0.05) is 50.4 Å². The van der Waals surface area contributed by atoms with Crippen LogP contribution in [0.4, 0.5) is 0 Å².